The summed E-state index contributed by atoms with van der Waals surface area (Å²) < 4.78 is 14.8. The Balaban J connectivity index is 1.99. The summed E-state index contributed by atoms with van der Waals surface area (Å²) in [6.07, 6.45) is 4.63. The number of hydrazine groups is 1. The lowest BCUT2D eigenvalue weighted by Gasteiger charge is -2.18. The minimum atomic E-state index is -0.553. The molecule has 1 aromatic carbocycles. The van der Waals surface area contributed by atoms with Gasteiger partial charge in [0.05, 0.1) is 11.3 Å². The molecule has 0 radical (unpaired) electrons. The van der Waals surface area contributed by atoms with Crippen LogP contribution in [0, 0.1) is 5.82 Å². The zero-order valence-electron chi connectivity index (χ0n) is 14.5. The molecular formula is C18H18FN7O. The first-order valence-corrected chi connectivity index (χ1v) is 7.91. The highest BCUT2D eigenvalue weighted by atomic mass is 19.1. The van der Waals surface area contributed by atoms with Gasteiger partial charge in [0, 0.05) is 19.4 Å². The molecule has 3 rings (SSSR count). The van der Waals surface area contributed by atoms with Crippen molar-refractivity contribution in [1.29, 1.82) is 0 Å². The van der Waals surface area contributed by atoms with E-state index in [2.05, 4.69) is 9.97 Å². The Kier molecular flexibility index (Phi) is 4.86. The number of amides is 1. The van der Waals surface area contributed by atoms with Crippen LogP contribution in [0.5, 0.6) is 0 Å². The van der Waals surface area contributed by atoms with Gasteiger partial charge in [-0.25, -0.2) is 20.2 Å². The molecule has 0 aliphatic rings. The third kappa shape index (κ3) is 3.77. The number of hydrogen-bond acceptors (Lipinski definition) is 6. The Labute approximate surface area is 154 Å². The molecule has 0 saturated heterocycles. The van der Waals surface area contributed by atoms with Crippen LogP contribution in [-0.4, -0.2) is 32.5 Å². The maximum Gasteiger partial charge on any atom is 0.250 e. The molecular weight excluding hydrogens is 349 g/mol. The van der Waals surface area contributed by atoms with Crippen molar-refractivity contribution < 1.29 is 9.18 Å². The monoisotopic (exact) mass is 367 g/mol. The first-order valence-electron chi connectivity index (χ1n) is 7.91. The fourth-order valence-electron chi connectivity index (χ4n) is 2.53. The molecule has 0 bridgehead atoms. The van der Waals surface area contributed by atoms with Crippen molar-refractivity contribution in [3.63, 3.8) is 0 Å². The number of nitrogens with zero attached hydrogens (tertiary/aromatic N) is 4. The van der Waals surface area contributed by atoms with E-state index in [-0.39, 0.29) is 5.82 Å². The fourth-order valence-corrected chi connectivity index (χ4v) is 2.53. The van der Waals surface area contributed by atoms with Crippen molar-refractivity contribution >= 4 is 17.3 Å². The Hall–Kier alpha value is -3.72. The number of carbonyl (C=O) groups excluding carboxylic acids is 1. The van der Waals surface area contributed by atoms with Crippen LogP contribution in [-0.2, 0) is 0 Å². The predicted octanol–water partition coefficient (Wildman–Crippen LogP) is 1.10. The van der Waals surface area contributed by atoms with Crippen LogP contribution in [0.25, 0.3) is 17.2 Å². The average molecular weight is 367 g/mol. The minimum absolute atomic E-state index is 0.307. The average Bonchev–Trinajstić information content (AvgIpc) is 3.11. The van der Waals surface area contributed by atoms with E-state index in [0.717, 1.165) is 0 Å². The van der Waals surface area contributed by atoms with Crippen LogP contribution in [0.15, 0.2) is 55.1 Å². The van der Waals surface area contributed by atoms with Gasteiger partial charge in [0.1, 0.15) is 29.4 Å². The van der Waals surface area contributed by atoms with Crippen molar-refractivity contribution in [1.82, 2.24) is 19.5 Å². The van der Waals surface area contributed by atoms with Gasteiger partial charge in [-0.2, -0.15) is 0 Å². The predicted molar refractivity (Wildman–Crippen MR) is 99.2 cm³/mol. The Bertz CT molecular complexity index is 991. The van der Waals surface area contributed by atoms with E-state index in [1.165, 1.54) is 23.3 Å². The molecule has 0 aliphatic heterocycles. The molecule has 138 valence electrons. The number of nitrogens with two attached hydrogens (primary N) is 3. The van der Waals surface area contributed by atoms with Crippen LogP contribution in [0.2, 0.25) is 0 Å². The summed E-state index contributed by atoms with van der Waals surface area (Å²) in [6.45, 7) is 0. The molecule has 0 aliphatic carbocycles. The van der Waals surface area contributed by atoms with Crippen LogP contribution in [0.4, 0.5) is 4.39 Å². The van der Waals surface area contributed by atoms with Gasteiger partial charge in [-0.3, -0.25) is 9.36 Å². The van der Waals surface area contributed by atoms with Crippen molar-refractivity contribution in [3.8, 4) is 5.82 Å². The summed E-state index contributed by atoms with van der Waals surface area (Å²) in [5.74, 6) is 5.57. The Morgan fingerprint density at radius 3 is 2.30 bits per heavy atom. The highest BCUT2D eigenvalue weighted by molar-refractivity contribution is 5.92. The maximum absolute atomic E-state index is 13.2. The number of rotatable bonds is 5. The molecule has 0 atom stereocenters. The lowest BCUT2D eigenvalue weighted by Crippen LogP contribution is -2.27. The van der Waals surface area contributed by atoms with Crippen molar-refractivity contribution in [2.24, 2.45) is 17.3 Å². The molecule has 27 heavy (non-hydrogen) atoms. The summed E-state index contributed by atoms with van der Waals surface area (Å²) in [5.41, 5.74) is 13.7. The zero-order valence-corrected chi connectivity index (χ0v) is 14.5. The standard InChI is InChI=1S/C18H18FN7O/c1-25(22)17(16(20)11-2-5-13(19)6-3-11)14-9-26(10-24-14)15-7-4-12(8-23-15)18(21)27/h2-10H,20,22H2,1H3,(H2,21,27)/b17-16-. The summed E-state index contributed by atoms with van der Waals surface area (Å²) in [5, 5.41) is 1.34. The van der Waals surface area contributed by atoms with E-state index in [4.69, 9.17) is 17.3 Å². The van der Waals surface area contributed by atoms with Crippen molar-refractivity contribution in [2.75, 3.05) is 7.05 Å². The lowest BCUT2D eigenvalue weighted by atomic mass is 10.1. The molecule has 0 unspecified atom stereocenters. The van der Waals surface area contributed by atoms with Crippen molar-refractivity contribution in [2.45, 2.75) is 0 Å². The van der Waals surface area contributed by atoms with Gasteiger partial charge in [-0.1, -0.05) is 0 Å². The van der Waals surface area contributed by atoms with Gasteiger partial charge < -0.3 is 16.5 Å². The van der Waals surface area contributed by atoms with Gasteiger partial charge in [0.2, 0.25) is 5.91 Å². The third-order valence-corrected chi connectivity index (χ3v) is 3.89. The number of carbonyl (C=O) groups is 1. The molecule has 8 nitrogen and oxygen atoms in total. The van der Waals surface area contributed by atoms with E-state index in [1.54, 1.807) is 48.4 Å². The van der Waals surface area contributed by atoms with Gasteiger partial charge >= 0.3 is 0 Å². The molecule has 0 spiro atoms. The molecule has 1 amide bonds. The van der Waals surface area contributed by atoms with Gasteiger partial charge in [0.15, 0.2) is 0 Å². The topological polar surface area (TPSA) is 129 Å². The second-order valence-corrected chi connectivity index (χ2v) is 5.82. The summed E-state index contributed by atoms with van der Waals surface area (Å²) >= 11 is 0. The highest BCUT2D eigenvalue weighted by Gasteiger charge is 2.15. The quantitative estimate of drug-likeness (QED) is 0.457. The summed E-state index contributed by atoms with van der Waals surface area (Å²) in [7, 11) is 1.63. The second kappa shape index (κ2) is 7.26. The largest absolute Gasteiger partial charge is 0.396 e. The van der Waals surface area contributed by atoms with Gasteiger partial charge in [-0.05, 0) is 42.0 Å². The highest BCUT2D eigenvalue weighted by Crippen LogP contribution is 2.23. The second-order valence-electron chi connectivity index (χ2n) is 5.82. The maximum atomic E-state index is 13.2. The third-order valence-electron chi connectivity index (χ3n) is 3.89. The van der Waals surface area contributed by atoms with Crippen LogP contribution in [0.3, 0.4) is 0 Å². The normalized spacial score (nSPS) is 11.8. The van der Waals surface area contributed by atoms with Crippen LogP contribution in [0.1, 0.15) is 21.6 Å². The molecule has 2 aromatic heterocycles. The van der Waals surface area contributed by atoms with E-state index in [0.29, 0.717) is 34.0 Å². The summed E-state index contributed by atoms with van der Waals surface area (Å²) in [4.78, 5) is 19.7. The number of imidazole rings is 1. The van der Waals surface area contributed by atoms with E-state index in [1.807, 2.05) is 0 Å². The lowest BCUT2D eigenvalue weighted by molar-refractivity contribution is 0.1000. The van der Waals surface area contributed by atoms with Crippen LogP contribution < -0.4 is 17.3 Å². The molecule has 0 fully saturated rings. The zero-order chi connectivity index (χ0) is 19.6. The SMILES string of the molecule is CN(N)/C(=C(\N)c1ccc(F)cc1)c1cn(-c2ccc(C(N)=O)cn2)cn1. The minimum Gasteiger partial charge on any atom is -0.396 e. The number of aromatic nitrogens is 3. The number of hydrogen-bond donors (Lipinski definition) is 3. The van der Waals surface area contributed by atoms with E-state index in [9.17, 15) is 9.18 Å². The molecule has 2 heterocycles. The van der Waals surface area contributed by atoms with Crippen molar-refractivity contribution in [3.05, 3.63) is 77.8 Å². The molecule has 0 saturated carbocycles. The number of halogens is 1. The van der Waals surface area contributed by atoms with E-state index >= 15 is 0 Å². The Morgan fingerprint density at radius 2 is 1.74 bits per heavy atom. The molecule has 3 aromatic rings. The number of benzene rings is 1. The first-order chi connectivity index (χ1) is 12.9. The number of primary amides is 1. The number of pyridine rings is 1. The Morgan fingerprint density at radius 1 is 1.07 bits per heavy atom. The molecule has 6 N–H and O–H groups in total. The van der Waals surface area contributed by atoms with E-state index < -0.39 is 5.91 Å². The van der Waals surface area contributed by atoms with Crippen LogP contribution >= 0.6 is 0 Å². The van der Waals surface area contributed by atoms with Gasteiger partial charge in [0.25, 0.3) is 0 Å². The molecule has 9 heteroatoms. The first kappa shape index (κ1) is 18.1. The smallest absolute Gasteiger partial charge is 0.250 e. The van der Waals surface area contributed by atoms with Gasteiger partial charge in [-0.15, -0.1) is 0 Å². The fraction of sp³-hybridized carbons (Fsp3) is 0.0556. The summed E-state index contributed by atoms with van der Waals surface area (Å²) in [6, 6.07) is 8.98.